The van der Waals surface area contributed by atoms with E-state index in [1.165, 1.54) is 6.26 Å². The van der Waals surface area contributed by atoms with Gasteiger partial charge in [0.15, 0.2) is 5.76 Å². The molecule has 8 heteroatoms. The molecule has 1 aromatic heterocycles. The first-order valence-corrected chi connectivity index (χ1v) is 6.87. The Morgan fingerprint density at radius 2 is 2.10 bits per heavy atom. The van der Waals surface area contributed by atoms with Crippen molar-refractivity contribution in [2.75, 3.05) is 32.8 Å². The molecule has 1 aliphatic heterocycles. The number of hydrogen-bond acceptors (Lipinski definition) is 6. The number of carbonyl (C=O) groups is 2. The minimum absolute atomic E-state index is 0.227. The van der Waals surface area contributed by atoms with Gasteiger partial charge in [-0.15, -0.1) is 0 Å². The van der Waals surface area contributed by atoms with Gasteiger partial charge in [0.05, 0.1) is 12.9 Å². The number of carbonyl (C=O) groups excluding carboxylic acids is 2. The van der Waals surface area contributed by atoms with Crippen LogP contribution in [0.15, 0.2) is 16.7 Å². The van der Waals surface area contributed by atoms with Gasteiger partial charge in [0.25, 0.3) is 0 Å². The van der Waals surface area contributed by atoms with Gasteiger partial charge in [-0.3, -0.25) is 15.1 Å². The van der Waals surface area contributed by atoms with Crippen LogP contribution in [0.1, 0.15) is 23.0 Å². The SMILES string of the molecule is CCOC(=O)N1CCN(Cc2ccoc2C(=O)NN)CC1. The highest BCUT2D eigenvalue weighted by molar-refractivity contribution is 5.92. The number of nitrogens with one attached hydrogen (secondary N) is 1. The second kappa shape index (κ2) is 7.09. The van der Waals surface area contributed by atoms with E-state index in [0.29, 0.717) is 39.3 Å². The summed E-state index contributed by atoms with van der Waals surface area (Å²) in [5.41, 5.74) is 2.84. The first kappa shape index (κ1) is 15.3. The van der Waals surface area contributed by atoms with Crippen LogP contribution in [-0.2, 0) is 11.3 Å². The highest BCUT2D eigenvalue weighted by Gasteiger charge is 2.23. The van der Waals surface area contributed by atoms with E-state index >= 15 is 0 Å². The molecule has 116 valence electrons. The number of nitrogens with zero attached hydrogens (tertiary/aromatic N) is 2. The van der Waals surface area contributed by atoms with Crippen molar-refractivity contribution >= 4 is 12.0 Å². The van der Waals surface area contributed by atoms with Crippen molar-refractivity contribution in [1.29, 1.82) is 0 Å². The van der Waals surface area contributed by atoms with Crippen molar-refractivity contribution in [2.45, 2.75) is 13.5 Å². The molecule has 0 aliphatic carbocycles. The molecule has 1 aromatic rings. The Morgan fingerprint density at radius 3 is 2.71 bits per heavy atom. The molecule has 3 N–H and O–H groups in total. The number of nitrogen functional groups attached to an aromatic ring is 1. The van der Waals surface area contributed by atoms with Crippen molar-refractivity contribution < 1.29 is 18.7 Å². The standard InChI is InChI=1S/C13H20N4O4/c1-2-20-13(19)17-6-4-16(5-7-17)9-10-3-8-21-11(10)12(18)15-14/h3,8H,2,4-7,9,14H2,1H3,(H,15,18). The summed E-state index contributed by atoms with van der Waals surface area (Å²) in [4.78, 5) is 27.0. The lowest BCUT2D eigenvalue weighted by Gasteiger charge is -2.33. The lowest BCUT2D eigenvalue weighted by atomic mass is 10.2. The summed E-state index contributed by atoms with van der Waals surface area (Å²) in [7, 11) is 0. The van der Waals surface area contributed by atoms with Gasteiger partial charge in [-0.1, -0.05) is 0 Å². The molecule has 0 atom stereocenters. The number of furan rings is 1. The predicted molar refractivity (Wildman–Crippen MR) is 74.2 cm³/mol. The van der Waals surface area contributed by atoms with Gasteiger partial charge in [-0.05, 0) is 13.0 Å². The molecule has 0 unspecified atom stereocenters. The van der Waals surface area contributed by atoms with Crippen molar-refractivity contribution in [1.82, 2.24) is 15.2 Å². The van der Waals surface area contributed by atoms with Crippen molar-refractivity contribution in [3.8, 4) is 0 Å². The number of hydrogen-bond donors (Lipinski definition) is 2. The minimum atomic E-state index is -0.444. The van der Waals surface area contributed by atoms with E-state index in [2.05, 4.69) is 10.3 Å². The van der Waals surface area contributed by atoms with Crippen molar-refractivity contribution in [3.05, 3.63) is 23.7 Å². The molecular formula is C13H20N4O4. The molecule has 1 fully saturated rings. The molecule has 21 heavy (non-hydrogen) atoms. The van der Waals surface area contributed by atoms with E-state index in [1.807, 2.05) is 0 Å². The molecule has 2 rings (SSSR count). The van der Waals surface area contributed by atoms with E-state index in [-0.39, 0.29) is 11.9 Å². The van der Waals surface area contributed by atoms with Crippen molar-refractivity contribution in [2.24, 2.45) is 5.84 Å². The quantitative estimate of drug-likeness (QED) is 0.466. The second-order valence-corrected chi connectivity index (χ2v) is 4.71. The van der Waals surface area contributed by atoms with Crippen LogP contribution < -0.4 is 11.3 Å². The average molecular weight is 296 g/mol. The molecule has 2 amide bonds. The molecule has 2 heterocycles. The fraction of sp³-hybridized carbons (Fsp3) is 0.538. The second-order valence-electron chi connectivity index (χ2n) is 4.71. The van der Waals surface area contributed by atoms with Gasteiger partial charge < -0.3 is 14.1 Å². The van der Waals surface area contributed by atoms with Crippen LogP contribution in [0.4, 0.5) is 4.79 Å². The fourth-order valence-electron chi connectivity index (χ4n) is 2.27. The smallest absolute Gasteiger partial charge is 0.409 e. The first-order valence-electron chi connectivity index (χ1n) is 6.87. The van der Waals surface area contributed by atoms with Gasteiger partial charge in [0, 0.05) is 38.3 Å². The number of ether oxygens (including phenoxy) is 1. The molecule has 0 saturated carbocycles. The van der Waals surface area contributed by atoms with Gasteiger partial charge >= 0.3 is 12.0 Å². The third-order valence-corrected chi connectivity index (χ3v) is 3.38. The summed E-state index contributed by atoms with van der Waals surface area (Å²) in [5, 5.41) is 0. The highest BCUT2D eigenvalue weighted by atomic mass is 16.6. The van der Waals surface area contributed by atoms with Gasteiger partial charge in [-0.2, -0.15) is 0 Å². The zero-order valence-corrected chi connectivity index (χ0v) is 12.0. The van der Waals surface area contributed by atoms with Gasteiger partial charge in [0.1, 0.15) is 0 Å². The normalized spacial score (nSPS) is 15.8. The summed E-state index contributed by atoms with van der Waals surface area (Å²) in [6.45, 7) is 5.39. The van der Waals surface area contributed by atoms with Crippen LogP contribution >= 0.6 is 0 Å². The highest BCUT2D eigenvalue weighted by Crippen LogP contribution is 2.15. The number of nitrogens with two attached hydrogens (primary N) is 1. The Balaban J connectivity index is 1.88. The summed E-state index contributed by atoms with van der Waals surface area (Å²) in [6, 6.07) is 1.75. The van der Waals surface area contributed by atoms with Gasteiger partial charge in [0.2, 0.25) is 0 Å². The Hall–Kier alpha value is -2.06. The van der Waals surface area contributed by atoms with Crippen LogP contribution in [0.25, 0.3) is 0 Å². The largest absolute Gasteiger partial charge is 0.459 e. The monoisotopic (exact) mass is 296 g/mol. The molecule has 8 nitrogen and oxygen atoms in total. The van der Waals surface area contributed by atoms with E-state index < -0.39 is 5.91 Å². The third kappa shape index (κ3) is 3.73. The van der Waals surface area contributed by atoms with Crippen LogP contribution in [0.3, 0.4) is 0 Å². The summed E-state index contributed by atoms with van der Waals surface area (Å²) in [5.74, 6) is 4.90. The average Bonchev–Trinajstić information content (AvgIpc) is 2.95. The lowest BCUT2D eigenvalue weighted by Crippen LogP contribution is -2.48. The maximum absolute atomic E-state index is 11.6. The van der Waals surface area contributed by atoms with Crippen LogP contribution in [0.2, 0.25) is 0 Å². The third-order valence-electron chi connectivity index (χ3n) is 3.38. The van der Waals surface area contributed by atoms with E-state index in [4.69, 9.17) is 15.0 Å². The predicted octanol–water partition coefficient (Wildman–Crippen LogP) is 0.157. The van der Waals surface area contributed by atoms with E-state index in [1.54, 1.807) is 17.9 Å². The molecule has 1 aliphatic rings. The van der Waals surface area contributed by atoms with Crippen LogP contribution in [0.5, 0.6) is 0 Å². The molecule has 0 aromatic carbocycles. The number of hydrazine groups is 1. The topological polar surface area (TPSA) is 101 Å². The van der Waals surface area contributed by atoms with Crippen LogP contribution in [0, 0.1) is 0 Å². The molecule has 0 bridgehead atoms. The Labute approximate surface area is 122 Å². The summed E-state index contributed by atoms with van der Waals surface area (Å²) in [6.07, 6.45) is 1.19. The maximum Gasteiger partial charge on any atom is 0.409 e. The van der Waals surface area contributed by atoms with Crippen molar-refractivity contribution in [3.63, 3.8) is 0 Å². The molecule has 0 radical (unpaired) electrons. The zero-order chi connectivity index (χ0) is 15.2. The fourth-order valence-corrected chi connectivity index (χ4v) is 2.27. The van der Waals surface area contributed by atoms with Gasteiger partial charge in [-0.25, -0.2) is 10.6 Å². The number of piperazine rings is 1. The molecule has 0 spiro atoms. The first-order chi connectivity index (χ1) is 10.2. The Morgan fingerprint density at radius 1 is 1.38 bits per heavy atom. The summed E-state index contributed by atoms with van der Waals surface area (Å²) >= 11 is 0. The molecular weight excluding hydrogens is 276 g/mol. The lowest BCUT2D eigenvalue weighted by molar-refractivity contribution is 0.0775. The minimum Gasteiger partial charge on any atom is -0.459 e. The summed E-state index contributed by atoms with van der Waals surface area (Å²) < 4.78 is 10.1. The maximum atomic E-state index is 11.6. The Bertz CT molecular complexity index is 494. The Kier molecular flexibility index (Phi) is 5.18. The number of amides is 2. The zero-order valence-electron chi connectivity index (χ0n) is 12.0. The van der Waals surface area contributed by atoms with Crippen LogP contribution in [-0.4, -0.2) is 54.6 Å². The molecule has 1 saturated heterocycles. The van der Waals surface area contributed by atoms with E-state index in [0.717, 1.165) is 5.56 Å². The van der Waals surface area contributed by atoms with E-state index in [9.17, 15) is 9.59 Å². The number of rotatable bonds is 4.